The normalized spacial score (nSPS) is 33.0. The van der Waals surface area contributed by atoms with Crippen LogP contribution >= 0.6 is 0 Å². The van der Waals surface area contributed by atoms with E-state index >= 15 is 0 Å². The van der Waals surface area contributed by atoms with Gasteiger partial charge in [0.25, 0.3) is 0 Å². The number of hydrogen-bond donors (Lipinski definition) is 2. The summed E-state index contributed by atoms with van der Waals surface area (Å²) in [5.74, 6) is -0.775. The predicted octanol–water partition coefficient (Wildman–Crippen LogP) is 12.3. The topological polar surface area (TPSA) is 209 Å². The van der Waals surface area contributed by atoms with Gasteiger partial charge in [-0.2, -0.15) is 0 Å². The lowest BCUT2D eigenvalue weighted by Crippen LogP contribution is -2.68. The largest absolute Gasteiger partial charge is 0.394 e. The molecule has 500 valence electrons. The molecular weight excluding hydrogens is 1210 g/mol. The number of azide groups is 1. The molecule has 95 heavy (non-hydrogen) atoms. The van der Waals surface area contributed by atoms with Gasteiger partial charge in [-0.15, -0.1) is 0 Å². The zero-order chi connectivity index (χ0) is 65.2. The fraction of sp³-hybridized carbons (Fsp3) is 0.455. The van der Waals surface area contributed by atoms with Crippen molar-refractivity contribution >= 4 is 0 Å². The lowest BCUT2D eigenvalue weighted by atomic mass is 9.68. The molecule has 2 bridgehead atoms. The number of rotatable bonds is 28. The molecule has 6 aliphatic rings. The molecule has 3 saturated carbocycles. The van der Waals surface area contributed by atoms with Gasteiger partial charge in [-0.05, 0) is 68.6 Å². The Kier molecular flexibility index (Phi) is 21.6. The van der Waals surface area contributed by atoms with Crippen LogP contribution in [0.25, 0.3) is 10.4 Å². The van der Waals surface area contributed by atoms with Crippen molar-refractivity contribution in [2.75, 3.05) is 13.2 Å². The first-order valence-corrected chi connectivity index (χ1v) is 33.4. The van der Waals surface area contributed by atoms with E-state index in [2.05, 4.69) is 30.8 Å². The van der Waals surface area contributed by atoms with E-state index in [4.69, 9.17) is 61.6 Å². The molecule has 19 atom stereocenters. The summed E-state index contributed by atoms with van der Waals surface area (Å²) >= 11 is 0. The number of aliphatic hydroxyl groups is 2. The van der Waals surface area contributed by atoms with Gasteiger partial charge in [-0.1, -0.05) is 238 Å². The molecule has 3 aliphatic heterocycles. The average Bonchev–Trinajstić information content (AvgIpc) is 1.51. The third-order valence-corrected chi connectivity index (χ3v) is 20.7. The fourth-order valence-corrected chi connectivity index (χ4v) is 15.2. The van der Waals surface area contributed by atoms with E-state index in [1.54, 1.807) is 0 Å². The van der Waals surface area contributed by atoms with Gasteiger partial charge in [0.05, 0.1) is 59.5 Å². The maximum absolute atomic E-state index is 11.9. The van der Waals surface area contributed by atoms with Crippen molar-refractivity contribution in [2.24, 2.45) is 21.9 Å². The van der Waals surface area contributed by atoms with Gasteiger partial charge in [0, 0.05) is 16.7 Å². The number of fused-ring (bicyclic) bond motifs is 4. The average molecular weight is 1290 g/mol. The highest BCUT2D eigenvalue weighted by atomic mass is 16.8. The molecule has 18 nitrogen and oxygen atoms in total. The van der Waals surface area contributed by atoms with E-state index in [9.17, 15) is 15.7 Å². The molecule has 2 N–H and O–H groups in total. The van der Waals surface area contributed by atoms with Crippen LogP contribution in [0.5, 0.6) is 0 Å². The summed E-state index contributed by atoms with van der Waals surface area (Å²) in [7, 11) is 0. The van der Waals surface area contributed by atoms with Crippen molar-refractivity contribution in [1.82, 2.24) is 0 Å². The van der Waals surface area contributed by atoms with Crippen molar-refractivity contribution in [3.05, 3.63) is 262 Å². The number of benzene rings is 7. The zero-order valence-corrected chi connectivity index (χ0v) is 54.1. The molecule has 0 aromatic heterocycles. The van der Waals surface area contributed by atoms with Crippen LogP contribution < -0.4 is 0 Å². The van der Waals surface area contributed by atoms with Crippen molar-refractivity contribution in [1.29, 1.82) is 0 Å². The molecule has 7 aromatic rings. The molecule has 3 heterocycles. The van der Waals surface area contributed by atoms with E-state index in [-0.39, 0.29) is 51.7 Å². The molecule has 13 rings (SSSR count). The molecule has 6 fully saturated rings. The van der Waals surface area contributed by atoms with Crippen molar-refractivity contribution < 1.29 is 71.8 Å². The van der Waals surface area contributed by atoms with Crippen molar-refractivity contribution in [3.63, 3.8) is 0 Å². The highest BCUT2D eigenvalue weighted by Crippen LogP contribution is 2.73. The number of hydrogen-bond acceptors (Lipinski definition) is 16. The SMILES string of the molecule is CC1(C)[C@H]2CC[C@]1(C)[C@]1(C2)O[C@@H]2[C@H](OCc3ccccc3)[C@@H](OCc3ccccc3)[C@H](OCc3ccccc3)[C@@H](O[C@H]3O[C@H](CO)[C@@H](O[C@H]4O[C@H](CO)[C@H](OCc5ccccc5)[C@H](OCc5ccccc5)[C@H]4OCc4ccccc4)[C@H](OCc4ccccc4)[C@H]3N=[N+]=[N-])[C@@H]2O1. The molecule has 18 heteroatoms. The van der Waals surface area contributed by atoms with Gasteiger partial charge in [-0.25, -0.2) is 0 Å². The summed E-state index contributed by atoms with van der Waals surface area (Å²) < 4.78 is 93.8. The standard InChI is InChI=1S/C77H87N3O15/c1-75(2)58-39-40-76(75,3)77(41-58)94-70-68(88-49-56-35-21-9-22-36-56)66(86-47-54-31-17-7-18-32-54)67(87-48-55-33-19-8-20-34-55)69(71(70)95-77)93-73-61(79-80-78)64(84-45-52-27-13-5-14-28-52)63(60(43-82)90-73)92-74-72(89-50-57-37-23-10-24-38-57)65(85-46-53-29-15-6-16-30-53)62(59(42-81)91-74)83-44-51-25-11-4-12-26-51/h4-38,58-74,81-82H,39-50H2,1-3H3/t58-,59+,60+,61+,62-,63+,64+,65-,66-,67-,68+,69+,70+,71-,72+,73+,74+,76-,77+/m0/s1. The quantitative estimate of drug-likeness (QED) is 0.0265. The Labute approximate surface area is 556 Å². The van der Waals surface area contributed by atoms with E-state index in [0.29, 0.717) is 12.3 Å². The monoisotopic (exact) mass is 1290 g/mol. The first kappa shape index (κ1) is 66.8. The summed E-state index contributed by atoms with van der Waals surface area (Å²) in [6, 6.07) is 67.3. The van der Waals surface area contributed by atoms with Crippen molar-refractivity contribution in [2.45, 2.75) is 190 Å². The lowest BCUT2D eigenvalue weighted by Gasteiger charge is -2.51. The van der Waals surface area contributed by atoms with E-state index in [1.807, 2.05) is 212 Å². The van der Waals surface area contributed by atoms with Crippen LogP contribution in [-0.4, -0.2) is 127 Å². The number of nitrogens with zero attached hydrogens (tertiary/aromatic N) is 3. The number of ether oxygens (including phenoxy) is 13. The Balaban J connectivity index is 0.895. The van der Waals surface area contributed by atoms with Crippen LogP contribution in [0, 0.1) is 16.7 Å². The third-order valence-electron chi connectivity index (χ3n) is 20.7. The third kappa shape index (κ3) is 14.6. The molecule has 3 saturated heterocycles. The summed E-state index contributed by atoms with van der Waals surface area (Å²) in [6.45, 7) is 6.76. The minimum atomic E-state index is -1.47. The van der Waals surface area contributed by atoms with Gasteiger partial charge in [0.15, 0.2) is 18.4 Å². The Morgan fingerprint density at radius 3 is 1.12 bits per heavy atom. The van der Waals surface area contributed by atoms with Crippen LogP contribution in [0.1, 0.15) is 79.0 Å². The van der Waals surface area contributed by atoms with E-state index < -0.39 is 122 Å². The number of aliphatic hydroxyl groups excluding tert-OH is 2. The van der Waals surface area contributed by atoms with Gasteiger partial charge in [-0.3, -0.25) is 0 Å². The molecule has 0 radical (unpaired) electrons. The molecule has 0 amide bonds. The predicted molar refractivity (Wildman–Crippen MR) is 351 cm³/mol. The van der Waals surface area contributed by atoms with Crippen LogP contribution in [0.3, 0.4) is 0 Å². The Morgan fingerprint density at radius 1 is 0.411 bits per heavy atom. The van der Waals surface area contributed by atoms with Crippen LogP contribution in [-0.2, 0) is 108 Å². The molecule has 1 spiro atoms. The minimum Gasteiger partial charge on any atom is -0.394 e. The van der Waals surface area contributed by atoms with Crippen LogP contribution in [0.2, 0.25) is 0 Å². The Hall–Kier alpha value is -6.75. The van der Waals surface area contributed by atoms with E-state index in [1.165, 1.54) is 0 Å². The van der Waals surface area contributed by atoms with Crippen LogP contribution in [0.15, 0.2) is 217 Å². The second kappa shape index (κ2) is 30.8. The molecule has 7 aromatic carbocycles. The van der Waals surface area contributed by atoms with E-state index in [0.717, 1.165) is 51.8 Å². The maximum atomic E-state index is 11.9. The molecule has 0 unspecified atom stereocenters. The fourth-order valence-electron chi connectivity index (χ4n) is 15.2. The summed E-state index contributed by atoms with van der Waals surface area (Å²) in [5.41, 5.74) is 16.5. The Morgan fingerprint density at radius 2 is 0.737 bits per heavy atom. The lowest BCUT2D eigenvalue weighted by molar-refractivity contribution is -0.370. The minimum absolute atomic E-state index is 0.00635. The molecule has 3 aliphatic carbocycles. The van der Waals surface area contributed by atoms with Gasteiger partial charge in [0.1, 0.15) is 85.4 Å². The highest BCUT2D eigenvalue weighted by molar-refractivity contribution is 5.23. The smallest absolute Gasteiger partial charge is 0.187 e. The maximum Gasteiger partial charge on any atom is 0.187 e. The van der Waals surface area contributed by atoms with Gasteiger partial charge < -0.3 is 71.8 Å². The summed E-state index contributed by atoms with van der Waals surface area (Å²) in [6.07, 6.45) is -13.4. The first-order chi connectivity index (χ1) is 46.5. The first-order valence-electron chi connectivity index (χ1n) is 33.4. The highest BCUT2D eigenvalue weighted by Gasteiger charge is 2.76. The summed E-state index contributed by atoms with van der Waals surface area (Å²) in [5, 5.41) is 27.9. The second-order valence-electron chi connectivity index (χ2n) is 26.6. The van der Waals surface area contributed by atoms with Crippen molar-refractivity contribution in [3.8, 4) is 0 Å². The Bertz CT molecular complexity index is 3530. The van der Waals surface area contributed by atoms with Crippen LogP contribution in [0.4, 0.5) is 0 Å². The van der Waals surface area contributed by atoms with Gasteiger partial charge >= 0.3 is 0 Å². The second-order valence-corrected chi connectivity index (χ2v) is 26.6. The zero-order valence-electron chi connectivity index (χ0n) is 54.1. The summed E-state index contributed by atoms with van der Waals surface area (Å²) in [4.78, 5) is 3.49. The van der Waals surface area contributed by atoms with Gasteiger partial charge in [0.2, 0.25) is 0 Å². The molecular formula is C77H87N3O15.